The lowest BCUT2D eigenvalue weighted by molar-refractivity contribution is 0.233. The number of amides is 2. The first kappa shape index (κ1) is 15.0. The van der Waals surface area contributed by atoms with E-state index in [0.717, 1.165) is 17.7 Å². The van der Waals surface area contributed by atoms with Gasteiger partial charge in [0.2, 0.25) is 0 Å². The molecule has 2 amide bonds. The number of hydrogen-bond acceptors (Lipinski definition) is 3. The van der Waals surface area contributed by atoms with Crippen molar-refractivity contribution in [3.05, 3.63) is 60.2 Å². The molecule has 5 nitrogen and oxygen atoms in total. The van der Waals surface area contributed by atoms with Crippen LogP contribution >= 0.6 is 0 Å². The lowest BCUT2D eigenvalue weighted by atomic mass is 10.1. The number of nitrogens with one attached hydrogen (secondary N) is 2. The molecule has 2 aromatic heterocycles. The van der Waals surface area contributed by atoms with E-state index in [1.54, 1.807) is 18.6 Å². The smallest absolute Gasteiger partial charge is 0.315 e. The van der Waals surface area contributed by atoms with Crippen molar-refractivity contribution in [2.45, 2.75) is 32.4 Å². The van der Waals surface area contributed by atoms with E-state index in [0.29, 0.717) is 0 Å². The molecule has 0 saturated carbocycles. The van der Waals surface area contributed by atoms with Crippen molar-refractivity contribution < 1.29 is 4.79 Å². The van der Waals surface area contributed by atoms with Crippen molar-refractivity contribution in [3.63, 3.8) is 0 Å². The van der Waals surface area contributed by atoms with Crippen molar-refractivity contribution in [2.24, 2.45) is 0 Å². The van der Waals surface area contributed by atoms with Gasteiger partial charge < -0.3 is 10.6 Å². The molecule has 0 aliphatic heterocycles. The SMILES string of the molecule is CCC(NC(=O)NC(C)c1ccccn1)c1ccncc1. The maximum Gasteiger partial charge on any atom is 0.315 e. The van der Waals surface area contributed by atoms with Gasteiger partial charge in [0, 0.05) is 18.6 Å². The van der Waals surface area contributed by atoms with Gasteiger partial charge in [0.15, 0.2) is 0 Å². The van der Waals surface area contributed by atoms with Crippen molar-refractivity contribution in [3.8, 4) is 0 Å². The highest BCUT2D eigenvalue weighted by atomic mass is 16.2. The Kier molecular flexibility index (Phi) is 5.26. The average Bonchev–Trinajstić information content (AvgIpc) is 2.54. The fourth-order valence-electron chi connectivity index (χ4n) is 2.12. The van der Waals surface area contributed by atoms with Gasteiger partial charge in [0.05, 0.1) is 17.8 Å². The van der Waals surface area contributed by atoms with E-state index < -0.39 is 0 Å². The topological polar surface area (TPSA) is 66.9 Å². The van der Waals surface area contributed by atoms with Crippen LogP contribution in [-0.4, -0.2) is 16.0 Å². The zero-order valence-corrected chi connectivity index (χ0v) is 12.3. The highest BCUT2D eigenvalue weighted by Crippen LogP contribution is 2.15. The Morgan fingerprint density at radius 2 is 1.90 bits per heavy atom. The van der Waals surface area contributed by atoms with Crippen LogP contribution in [0.2, 0.25) is 0 Å². The zero-order chi connectivity index (χ0) is 15.1. The van der Waals surface area contributed by atoms with E-state index in [1.165, 1.54) is 0 Å². The number of aromatic nitrogens is 2. The molecule has 21 heavy (non-hydrogen) atoms. The molecule has 2 rings (SSSR count). The van der Waals surface area contributed by atoms with Gasteiger partial charge in [-0.2, -0.15) is 0 Å². The third kappa shape index (κ3) is 4.27. The predicted octanol–water partition coefficient (Wildman–Crippen LogP) is 2.99. The second-order valence-corrected chi connectivity index (χ2v) is 4.84. The third-order valence-electron chi connectivity index (χ3n) is 3.30. The molecule has 110 valence electrons. The average molecular weight is 284 g/mol. The number of urea groups is 1. The largest absolute Gasteiger partial charge is 0.331 e. The fraction of sp³-hybridized carbons (Fsp3) is 0.312. The summed E-state index contributed by atoms with van der Waals surface area (Å²) in [6, 6.07) is 9.12. The molecule has 2 atom stereocenters. The minimum atomic E-state index is -0.197. The number of carbonyl (C=O) groups excluding carboxylic acids is 1. The fourth-order valence-corrected chi connectivity index (χ4v) is 2.12. The van der Waals surface area contributed by atoms with Crippen LogP contribution in [-0.2, 0) is 0 Å². The van der Waals surface area contributed by atoms with Gasteiger partial charge >= 0.3 is 6.03 Å². The van der Waals surface area contributed by atoms with Gasteiger partial charge in [-0.05, 0) is 43.2 Å². The van der Waals surface area contributed by atoms with E-state index in [4.69, 9.17) is 0 Å². The standard InChI is InChI=1S/C16H20N4O/c1-3-14(13-7-10-17-11-8-13)20-16(21)19-12(2)15-6-4-5-9-18-15/h4-12,14H,3H2,1-2H3,(H2,19,20,21). The first-order valence-electron chi connectivity index (χ1n) is 7.08. The molecule has 0 radical (unpaired) electrons. The summed E-state index contributed by atoms with van der Waals surface area (Å²) in [6.45, 7) is 3.95. The summed E-state index contributed by atoms with van der Waals surface area (Å²) in [7, 11) is 0. The normalized spacial score (nSPS) is 13.2. The molecule has 2 heterocycles. The number of rotatable bonds is 5. The summed E-state index contributed by atoms with van der Waals surface area (Å²) in [6.07, 6.45) is 5.99. The second-order valence-electron chi connectivity index (χ2n) is 4.84. The Hall–Kier alpha value is -2.43. The van der Waals surface area contributed by atoms with Gasteiger partial charge in [0.1, 0.15) is 0 Å². The zero-order valence-electron chi connectivity index (χ0n) is 12.3. The van der Waals surface area contributed by atoms with Crippen molar-refractivity contribution in [2.75, 3.05) is 0 Å². The monoisotopic (exact) mass is 284 g/mol. The minimum absolute atomic E-state index is 0.0241. The van der Waals surface area contributed by atoms with Crippen LogP contribution in [0.25, 0.3) is 0 Å². The van der Waals surface area contributed by atoms with E-state index >= 15 is 0 Å². The lowest BCUT2D eigenvalue weighted by Gasteiger charge is -2.20. The summed E-state index contributed by atoms with van der Waals surface area (Å²) < 4.78 is 0. The molecule has 2 unspecified atom stereocenters. The van der Waals surface area contributed by atoms with Crippen LogP contribution in [0.4, 0.5) is 4.79 Å². The highest BCUT2D eigenvalue weighted by molar-refractivity contribution is 5.74. The molecule has 2 aromatic rings. The summed E-state index contributed by atoms with van der Waals surface area (Å²) in [5, 5.41) is 5.88. The van der Waals surface area contributed by atoms with Crippen LogP contribution < -0.4 is 10.6 Å². The number of pyridine rings is 2. The van der Waals surface area contributed by atoms with E-state index in [9.17, 15) is 4.79 Å². The number of carbonyl (C=O) groups is 1. The summed E-state index contributed by atoms with van der Waals surface area (Å²) in [5.41, 5.74) is 1.89. The molecule has 0 saturated heterocycles. The third-order valence-corrected chi connectivity index (χ3v) is 3.30. The first-order chi connectivity index (χ1) is 10.2. The van der Waals surface area contributed by atoms with Crippen LogP contribution in [0.1, 0.15) is 43.6 Å². The first-order valence-corrected chi connectivity index (χ1v) is 7.08. The molecule has 2 N–H and O–H groups in total. The molecule has 0 aliphatic carbocycles. The Labute approximate surface area is 124 Å². The number of hydrogen-bond donors (Lipinski definition) is 2. The Balaban J connectivity index is 1.94. The quantitative estimate of drug-likeness (QED) is 0.887. The van der Waals surface area contributed by atoms with Gasteiger partial charge in [-0.3, -0.25) is 9.97 Å². The molecular weight excluding hydrogens is 264 g/mol. The number of nitrogens with zero attached hydrogens (tertiary/aromatic N) is 2. The minimum Gasteiger partial charge on any atom is -0.331 e. The van der Waals surface area contributed by atoms with Crippen LogP contribution in [0.5, 0.6) is 0 Å². The summed E-state index contributed by atoms with van der Waals surface area (Å²) >= 11 is 0. The summed E-state index contributed by atoms with van der Waals surface area (Å²) in [4.78, 5) is 20.3. The molecule has 0 aliphatic rings. The molecule has 0 fully saturated rings. The predicted molar refractivity (Wildman–Crippen MR) is 81.6 cm³/mol. The Bertz CT molecular complexity index is 559. The summed E-state index contributed by atoms with van der Waals surface area (Å²) in [5.74, 6) is 0. The van der Waals surface area contributed by atoms with Crippen LogP contribution in [0.15, 0.2) is 48.9 Å². The maximum absolute atomic E-state index is 12.1. The van der Waals surface area contributed by atoms with Crippen LogP contribution in [0, 0.1) is 0 Å². The van der Waals surface area contributed by atoms with Crippen molar-refractivity contribution >= 4 is 6.03 Å². The van der Waals surface area contributed by atoms with Gasteiger partial charge in [0.25, 0.3) is 0 Å². The van der Waals surface area contributed by atoms with E-state index in [2.05, 4.69) is 20.6 Å². The lowest BCUT2D eigenvalue weighted by Crippen LogP contribution is -2.39. The van der Waals surface area contributed by atoms with Crippen molar-refractivity contribution in [1.82, 2.24) is 20.6 Å². The molecule has 0 spiro atoms. The van der Waals surface area contributed by atoms with E-state index in [-0.39, 0.29) is 18.1 Å². The second kappa shape index (κ2) is 7.38. The molecule has 0 bridgehead atoms. The molecule has 0 aromatic carbocycles. The van der Waals surface area contributed by atoms with Crippen LogP contribution in [0.3, 0.4) is 0 Å². The van der Waals surface area contributed by atoms with E-state index in [1.807, 2.05) is 44.2 Å². The highest BCUT2D eigenvalue weighted by Gasteiger charge is 2.15. The van der Waals surface area contributed by atoms with Gasteiger partial charge in [-0.25, -0.2) is 4.79 Å². The van der Waals surface area contributed by atoms with Crippen molar-refractivity contribution in [1.29, 1.82) is 0 Å². The van der Waals surface area contributed by atoms with Gasteiger partial charge in [-0.15, -0.1) is 0 Å². The Morgan fingerprint density at radius 3 is 2.52 bits per heavy atom. The molecule has 5 heteroatoms. The van der Waals surface area contributed by atoms with Gasteiger partial charge in [-0.1, -0.05) is 13.0 Å². The maximum atomic E-state index is 12.1. The molecular formula is C16H20N4O. The Morgan fingerprint density at radius 1 is 1.14 bits per heavy atom.